The summed E-state index contributed by atoms with van der Waals surface area (Å²) in [5.41, 5.74) is 5.22. The summed E-state index contributed by atoms with van der Waals surface area (Å²) in [6.07, 6.45) is 2.59. The average Bonchev–Trinajstić information content (AvgIpc) is 2.38. The van der Waals surface area contributed by atoms with Crippen LogP contribution in [0.2, 0.25) is 5.15 Å². The lowest BCUT2D eigenvalue weighted by atomic mass is 10.1. The molecule has 104 valence electrons. The predicted octanol–water partition coefficient (Wildman–Crippen LogP) is 1.50. The smallest absolute Gasteiger partial charge is 0.288 e. The number of carbonyl (C=O) groups is 1. The molecule has 0 aliphatic heterocycles. The maximum atomic E-state index is 12.0. The van der Waals surface area contributed by atoms with E-state index in [1.54, 1.807) is 0 Å². The van der Waals surface area contributed by atoms with E-state index in [9.17, 15) is 14.9 Å². The van der Waals surface area contributed by atoms with Gasteiger partial charge in [0.15, 0.2) is 0 Å². The van der Waals surface area contributed by atoms with E-state index in [0.717, 1.165) is 25.1 Å². The van der Waals surface area contributed by atoms with Crippen LogP contribution in [0.25, 0.3) is 0 Å². The van der Waals surface area contributed by atoms with Gasteiger partial charge in [-0.2, -0.15) is 0 Å². The number of hydrogen-bond donors (Lipinski definition) is 2. The van der Waals surface area contributed by atoms with Crippen molar-refractivity contribution >= 4 is 23.2 Å². The molecule has 1 aromatic rings. The maximum Gasteiger partial charge on any atom is 0.288 e. The Balaban J connectivity index is 2.92. The van der Waals surface area contributed by atoms with Gasteiger partial charge in [-0.3, -0.25) is 14.9 Å². The van der Waals surface area contributed by atoms with E-state index in [-0.39, 0.29) is 22.4 Å². The summed E-state index contributed by atoms with van der Waals surface area (Å²) >= 11 is 5.77. The molecular formula is C11H15ClN4O3. The van der Waals surface area contributed by atoms with Gasteiger partial charge in [0, 0.05) is 18.7 Å². The molecule has 0 saturated heterocycles. The number of pyridine rings is 1. The summed E-state index contributed by atoms with van der Waals surface area (Å²) in [7, 11) is 0. The molecule has 0 aromatic carbocycles. The third-order valence-electron chi connectivity index (χ3n) is 2.54. The Labute approximate surface area is 115 Å². The summed E-state index contributed by atoms with van der Waals surface area (Å²) in [5, 5.41) is 13.2. The van der Waals surface area contributed by atoms with Crippen LogP contribution < -0.4 is 11.1 Å². The molecule has 7 nitrogen and oxygen atoms in total. The highest BCUT2D eigenvalue weighted by Crippen LogP contribution is 2.19. The highest BCUT2D eigenvalue weighted by molar-refractivity contribution is 6.32. The highest BCUT2D eigenvalue weighted by atomic mass is 35.5. The van der Waals surface area contributed by atoms with Gasteiger partial charge in [0.2, 0.25) is 0 Å². The minimum absolute atomic E-state index is 0.0228. The monoisotopic (exact) mass is 286 g/mol. The standard InChI is InChI=1S/C11H15ClN4O3/c1-2-3-7(5-13)15-11(17)9-4-8(16(18)19)6-14-10(9)12/h4,6-7H,2-3,5,13H2,1H3,(H,15,17). The Hall–Kier alpha value is -1.73. The number of hydrogen-bond acceptors (Lipinski definition) is 5. The van der Waals surface area contributed by atoms with Crippen LogP contribution in [0.4, 0.5) is 5.69 Å². The molecule has 19 heavy (non-hydrogen) atoms. The van der Waals surface area contributed by atoms with Crippen molar-refractivity contribution in [3.63, 3.8) is 0 Å². The fourth-order valence-electron chi connectivity index (χ4n) is 1.56. The van der Waals surface area contributed by atoms with Crippen LogP contribution in [0.15, 0.2) is 12.3 Å². The van der Waals surface area contributed by atoms with Gasteiger partial charge in [-0.1, -0.05) is 24.9 Å². The molecule has 1 amide bonds. The molecule has 1 atom stereocenters. The number of nitrogens with two attached hydrogens (primary N) is 1. The summed E-state index contributed by atoms with van der Waals surface area (Å²) in [4.78, 5) is 25.6. The van der Waals surface area contributed by atoms with Gasteiger partial charge >= 0.3 is 0 Å². The van der Waals surface area contributed by atoms with Crippen LogP contribution in [0.5, 0.6) is 0 Å². The molecule has 0 bridgehead atoms. The third-order valence-corrected chi connectivity index (χ3v) is 2.84. The molecule has 0 spiro atoms. The van der Waals surface area contributed by atoms with Crippen molar-refractivity contribution in [1.82, 2.24) is 10.3 Å². The number of halogens is 1. The molecule has 1 unspecified atom stereocenters. The van der Waals surface area contributed by atoms with Crippen LogP contribution in [-0.2, 0) is 0 Å². The van der Waals surface area contributed by atoms with Gasteiger partial charge in [-0.25, -0.2) is 4.98 Å². The number of nitro groups is 1. The van der Waals surface area contributed by atoms with E-state index in [0.29, 0.717) is 6.54 Å². The molecular weight excluding hydrogens is 272 g/mol. The fraction of sp³-hybridized carbons (Fsp3) is 0.455. The fourth-order valence-corrected chi connectivity index (χ4v) is 1.75. The number of amides is 1. The average molecular weight is 287 g/mol. The lowest BCUT2D eigenvalue weighted by molar-refractivity contribution is -0.385. The first-order chi connectivity index (χ1) is 8.99. The van der Waals surface area contributed by atoms with Crippen LogP contribution in [0.3, 0.4) is 0 Å². The first-order valence-corrected chi connectivity index (χ1v) is 6.18. The number of nitrogens with one attached hydrogen (secondary N) is 1. The molecule has 0 saturated carbocycles. The van der Waals surface area contributed by atoms with Crippen molar-refractivity contribution in [2.24, 2.45) is 5.73 Å². The van der Waals surface area contributed by atoms with Gasteiger partial charge in [-0.05, 0) is 6.42 Å². The van der Waals surface area contributed by atoms with Crippen molar-refractivity contribution in [2.45, 2.75) is 25.8 Å². The number of nitrogens with zero attached hydrogens (tertiary/aromatic N) is 2. The van der Waals surface area contributed by atoms with E-state index < -0.39 is 10.8 Å². The van der Waals surface area contributed by atoms with Gasteiger partial charge < -0.3 is 11.1 Å². The van der Waals surface area contributed by atoms with Crippen LogP contribution in [0.1, 0.15) is 30.1 Å². The quantitative estimate of drug-likeness (QED) is 0.467. The molecule has 8 heteroatoms. The molecule has 1 aromatic heterocycles. The molecule has 0 aliphatic rings. The zero-order valence-electron chi connectivity index (χ0n) is 10.4. The number of aromatic nitrogens is 1. The SMILES string of the molecule is CCCC(CN)NC(=O)c1cc([N+](=O)[O-])cnc1Cl. The van der Waals surface area contributed by atoms with Crippen molar-refractivity contribution < 1.29 is 9.72 Å². The van der Waals surface area contributed by atoms with Crippen molar-refractivity contribution in [3.8, 4) is 0 Å². The predicted molar refractivity (Wildman–Crippen MR) is 71.1 cm³/mol. The van der Waals surface area contributed by atoms with Gasteiger partial charge in [0.05, 0.1) is 10.5 Å². The maximum absolute atomic E-state index is 12.0. The van der Waals surface area contributed by atoms with E-state index in [1.165, 1.54) is 0 Å². The topological polar surface area (TPSA) is 111 Å². The second-order valence-corrected chi connectivity index (χ2v) is 4.34. The second-order valence-electron chi connectivity index (χ2n) is 3.98. The first kappa shape index (κ1) is 15.3. The van der Waals surface area contributed by atoms with Crippen LogP contribution in [-0.4, -0.2) is 28.4 Å². The Morgan fingerprint density at radius 3 is 2.89 bits per heavy atom. The summed E-state index contributed by atoms with van der Waals surface area (Å²) in [6.45, 7) is 2.26. The molecule has 1 heterocycles. The van der Waals surface area contributed by atoms with E-state index in [1.807, 2.05) is 6.92 Å². The minimum atomic E-state index is -0.632. The zero-order valence-corrected chi connectivity index (χ0v) is 11.2. The lowest BCUT2D eigenvalue weighted by Gasteiger charge is -2.16. The minimum Gasteiger partial charge on any atom is -0.348 e. The summed E-state index contributed by atoms with van der Waals surface area (Å²) in [6, 6.07) is 0.914. The van der Waals surface area contributed by atoms with Crippen molar-refractivity contribution in [2.75, 3.05) is 6.54 Å². The van der Waals surface area contributed by atoms with Gasteiger partial charge in [-0.15, -0.1) is 0 Å². The number of carbonyl (C=O) groups excluding carboxylic acids is 1. The molecule has 3 N–H and O–H groups in total. The summed E-state index contributed by atoms with van der Waals surface area (Å²) in [5.74, 6) is -0.509. The molecule has 0 fully saturated rings. The first-order valence-electron chi connectivity index (χ1n) is 5.80. The van der Waals surface area contributed by atoms with Gasteiger partial charge in [0.1, 0.15) is 11.3 Å². The molecule has 0 aliphatic carbocycles. The Morgan fingerprint density at radius 1 is 1.68 bits per heavy atom. The van der Waals surface area contributed by atoms with E-state index >= 15 is 0 Å². The highest BCUT2D eigenvalue weighted by Gasteiger charge is 2.19. The molecule has 0 radical (unpaired) electrons. The normalized spacial score (nSPS) is 11.9. The molecule has 1 rings (SSSR count). The zero-order chi connectivity index (χ0) is 14.4. The van der Waals surface area contributed by atoms with Crippen molar-refractivity contribution in [3.05, 3.63) is 33.1 Å². The second kappa shape index (κ2) is 7.01. The van der Waals surface area contributed by atoms with Crippen LogP contribution in [0, 0.1) is 10.1 Å². The van der Waals surface area contributed by atoms with Crippen molar-refractivity contribution in [1.29, 1.82) is 0 Å². The largest absolute Gasteiger partial charge is 0.348 e. The van der Waals surface area contributed by atoms with Crippen LogP contribution >= 0.6 is 11.6 Å². The van der Waals surface area contributed by atoms with Gasteiger partial charge in [0.25, 0.3) is 11.6 Å². The number of rotatable bonds is 6. The third kappa shape index (κ3) is 4.15. The lowest BCUT2D eigenvalue weighted by Crippen LogP contribution is -2.40. The summed E-state index contributed by atoms with van der Waals surface area (Å²) < 4.78 is 0. The Kier molecular flexibility index (Phi) is 5.65. The Bertz CT molecular complexity index is 481. The Morgan fingerprint density at radius 2 is 2.37 bits per heavy atom. The van der Waals surface area contributed by atoms with E-state index in [4.69, 9.17) is 17.3 Å². The van der Waals surface area contributed by atoms with E-state index in [2.05, 4.69) is 10.3 Å².